The standard InChI is InChI=1S/C26H26ClN3O2S/c1-17-23(15-29-24(31)13-21-3-2-12-33-21)22-8-11-30(16-18(22)14-28-17)25(32)26(9-10-26)19-4-6-20(27)7-5-19/h2-7,12,14H,8-11,13,15-16H2,1H3,(H,29,31). The van der Waals surface area contributed by atoms with Crippen LogP contribution in [0.4, 0.5) is 0 Å². The van der Waals surface area contributed by atoms with Crippen molar-refractivity contribution in [3.63, 3.8) is 0 Å². The van der Waals surface area contributed by atoms with Crippen molar-refractivity contribution < 1.29 is 9.59 Å². The van der Waals surface area contributed by atoms with E-state index >= 15 is 0 Å². The van der Waals surface area contributed by atoms with Gasteiger partial charge in [0.2, 0.25) is 11.8 Å². The molecule has 1 fully saturated rings. The molecule has 0 radical (unpaired) electrons. The predicted molar refractivity (Wildman–Crippen MR) is 130 cm³/mol. The van der Waals surface area contributed by atoms with Crippen molar-refractivity contribution in [1.82, 2.24) is 15.2 Å². The molecule has 0 unspecified atom stereocenters. The minimum absolute atomic E-state index is 0.0145. The zero-order chi connectivity index (χ0) is 23.0. The Kier molecular flexibility index (Phi) is 5.97. The van der Waals surface area contributed by atoms with Crippen LogP contribution in [0.25, 0.3) is 0 Å². The summed E-state index contributed by atoms with van der Waals surface area (Å²) in [5.41, 5.74) is 4.97. The topological polar surface area (TPSA) is 62.3 Å². The van der Waals surface area contributed by atoms with Gasteiger partial charge in [0.25, 0.3) is 0 Å². The summed E-state index contributed by atoms with van der Waals surface area (Å²) in [6.45, 7) is 3.70. The first-order valence-electron chi connectivity index (χ1n) is 11.3. The van der Waals surface area contributed by atoms with Crippen LogP contribution in [0.5, 0.6) is 0 Å². The highest BCUT2D eigenvalue weighted by Gasteiger charge is 2.53. The number of halogens is 1. The molecule has 33 heavy (non-hydrogen) atoms. The molecule has 1 N–H and O–H groups in total. The molecule has 7 heteroatoms. The molecule has 1 aromatic carbocycles. The van der Waals surface area contributed by atoms with Gasteiger partial charge in [-0.25, -0.2) is 0 Å². The van der Waals surface area contributed by atoms with E-state index in [0.717, 1.165) is 46.5 Å². The van der Waals surface area contributed by atoms with Crippen LogP contribution in [0.3, 0.4) is 0 Å². The Morgan fingerprint density at radius 3 is 2.70 bits per heavy atom. The van der Waals surface area contributed by atoms with Crippen molar-refractivity contribution in [2.24, 2.45) is 0 Å². The lowest BCUT2D eigenvalue weighted by molar-refractivity contribution is -0.135. The number of rotatable bonds is 6. The molecule has 0 bridgehead atoms. The van der Waals surface area contributed by atoms with Gasteiger partial charge in [-0.05, 0) is 72.0 Å². The van der Waals surface area contributed by atoms with Crippen molar-refractivity contribution >= 4 is 34.8 Å². The van der Waals surface area contributed by atoms with E-state index in [2.05, 4.69) is 10.3 Å². The number of carbonyl (C=O) groups excluding carboxylic acids is 2. The average molecular weight is 480 g/mol. The largest absolute Gasteiger partial charge is 0.352 e. The van der Waals surface area contributed by atoms with Crippen molar-refractivity contribution in [1.29, 1.82) is 0 Å². The van der Waals surface area contributed by atoms with E-state index in [4.69, 9.17) is 11.6 Å². The fourth-order valence-corrected chi connectivity index (χ4v) is 5.60. The summed E-state index contributed by atoms with van der Waals surface area (Å²) >= 11 is 7.64. The van der Waals surface area contributed by atoms with E-state index < -0.39 is 5.41 Å². The van der Waals surface area contributed by atoms with E-state index in [0.29, 0.717) is 31.1 Å². The van der Waals surface area contributed by atoms with Crippen LogP contribution in [0.1, 0.15) is 45.7 Å². The van der Waals surface area contributed by atoms with E-state index in [1.165, 1.54) is 5.56 Å². The summed E-state index contributed by atoms with van der Waals surface area (Å²) in [5, 5.41) is 5.73. The Labute approximate surface area is 202 Å². The number of pyridine rings is 1. The first kappa shape index (κ1) is 22.1. The van der Waals surface area contributed by atoms with E-state index in [1.807, 2.05) is 59.8 Å². The summed E-state index contributed by atoms with van der Waals surface area (Å²) in [4.78, 5) is 33.5. The van der Waals surface area contributed by atoms with Gasteiger partial charge in [0.15, 0.2) is 0 Å². The molecule has 2 aromatic heterocycles. The van der Waals surface area contributed by atoms with Crippen molar-refractivity contribution in [3.8, 4) is 0 Å². The van der Waals surface area contributed by atoms with Crippen LogP contribution in [-0.2, 0) is 40.9 Å². The van der Waals surface area contributed by atoms with Gasteiger partial charge in [0.1, 0.15) is 0 Å². The summed E-state index contributed by atoms with van der Waals surface area (Å²) in [6, 6.07) is 11.6. The molecular formula is C26H26ClN3O2S. The lowest BCUT2D eigenvalue weighted by atomic mass is 9.91. The minimum Gasteiger partial charge on any atom is -0.352 e. The second-order valence-corrected chi connectivity index (χ2v) is 10.4. The smallest absolute Gasteiger partial charge is 0.233 e. The van der Waals surface area contributed by atoms with Gasteiger partial charge in [-0.15, -0.1) is 11.3 Å². The highest BCUT2D eigenvalue weighted by Crippen LogP contribution is 2.50. The molecule has 0 spiro atoms. The number of hydrogen-bond acceptors (Lipinski definition) is 4. The second kappa shape index (κ2) is 8.92. The van der Waals surface area contributed by atoms with Crippen molar-refractivity contribution in [3.05, 3.63) is 85.8 Å². The summed E-state index contributed by atoms with van der Waals surface area (Å²) in [5.74, 6) is 0.211. The van der Waals surface area contributed by atoms with Gasteiger partial charge in [-0.1, -0.05) is 29.8 Å². The van der Waals surface area contributed by atoms with Crippen LogP contribution in [-0.4, -0.2) is 28.2 Å². The quantitative estimate of drug-likeness (QED) is 0.563. The molecule has 3 heterocycles. The molecule has 170 valence electrons. The van der Waals surface area contributed by atoms with E-state index in [9.17, 15) is 9.59 Å². The Hall–Kier alpha value is -2.70. The number of nitrogens with one attached hydrogen (secondary N) is 1. The molecular weight excluding hydrogens is 454 g/mol. The van der Waals surface area contributed by atoms with E-state index in [-0.39, 0.29) is 11.8 Å². The Morgan fingerprint density at radius 1 is 1.21 bits per heavy atom. The molecule has 3 aromatic rings. The number of thiophene rings is 1. The van der Waals surface area contributed by atoms with Crippen molar-refractivity contribution in [2.45, 2.75) is 51.1 Å². The van der Waals surface area contributed by atoms with Gasteiger partial charge in [-0.2, -0.15) is 0 Å². The van der Waals surface area contributed by atoms with E-state index in [1.54, 1.807) is 11.3 Å². The summed E-state index contributed by atoms with van der Waals surface area (Å²) < 4.78 is 0. The van der Waals surface area contributed by atoms with Crippen LogP contribution < -0.4 is 5.32 Å². The fourth-order valence-electron chi connectivity index (χ4n) is 4.77. The molecule has 1 aliphatic heterocycles. The SMILES string of the molecule is Cc1ncc2c(c1CNC(=O)Cc1cccs1)CCN(C(=O)C1(c3ccc(Cl)cc3)CC1)C2. The molecule has 5 nitrogen and oxygen atoms in total. The van der Waals surface area contributed by atoms with Crippen LogP contribution in [0.15, 0.2) is 48.0 Å². The summed E-state index contributed by atoms with van der Waals surface area (Å²) in [6.07, 6.45) is 4.82. The van der Waals surface area contributed by atoms with Crippen LogP contribution in [0, 0.1) is 6.92 Å². The number of benzene rings is 1. The van der Waals surface area contributed by atoms with Gasteiger partial charge in [-0.3, -0.25) is 14.6 Å². The van der Waals surface area contributed by atoms with Crippen molar-refractivity contribution in [2.75, 3.05) is 6.54 Å². The zero-order valence-electron chi connectivity index (χ0n) is 18.6. The number of hydrogen-bond donors (Lipinski definition) is 1. The summed E-state index contributed by atoms with van der Waals surface area (Å²) in [7, 11) is 0. The average Bonchev–Trinajstić information content (AvgIpc) is 3.47. The molecule has 2 amide bonds. The van der Waals surface area contributed by atoms with Gasteiger partial charge in [0.05, 0.1) is 11.8 Å². The molecule has 1 aliphatic carbocycles. The molecule has 0 saturated heterocycles. The van der Waals surface area contributed by atoms with Gasteiger partial charge >= 0.3 is 0 Å². The number of aromatic nitrogens is 1. The van der Waals surface area contributed by atoms with Crippen LogP contribution in [0.2, 0.25) is 5.02 Å². The number of amides is 2. The Bertz CT molecular complexity index is 1190. The number of aryl methyl sites for hydroxylation is 1. The highest BCUT2D eigenvalue weighted by atomic mass is 35.5. The lowest BCUT2D eigenvalue weighted by Gasteiger charge is -2.33. The van der Waals surface area contributed by atoms with Gasteiger partial charge in [0, 0.05) is 41.4 Å². The third kappa shape index (κ3) is 4.42. The maximum Gasteiger partial charge on any atom is 0.233 e. The highest BCUT2D eigenvalue weighted by molar-refractivity contribution is 7.10. The molecule has 2 aliphatic rings. The first-order valence-corrected chi connectivity index (χ1v) is 12.5. The molecule has 0 atom stereocenters. The minimum atomic E-state index is -0.404. The number of carbonyl (C=O) groups is 2. The maximum absolute atomic E-state index is 13.5. The normalized spacial score (nSPS) is 16.2. The van der Waals surface area contributed by atoms with Gasteiger partial charge < -0.3 is 10.2 Å². The third-order valence-electron chi connectivity index (χ3n) is 6.82. The fraction of sp³-hybridized carbons (Fsp3) is 0.346. The first-order chi connectivity index (χ1) is 16.0. The molecule has 5 rings (SSSR count). The second-order valence-electron chi connectivity index (χ2n) is 8.92. The molecule has 1 saturated carbocycles. The number of nitrogens with zero attached hydrogens (tertiary/aromatic N) is 2. The zero-order valence-corrected chi connectivity index (χ0v) is 20.1. The third-order valence-corrected chi connectivity index (χ3v) is 7.94. The maximum atomic E-state index is 13.5. The monoisotopic (exact) mass is 479 g/mol. The van der Waals surface area contributed by atoms with Crippen LogP contribution >= 0.6 is 22.9 Å². The Balaban J connectivity index is 1.29. The predicted octanol–water partition coefficient (Wildman–Crippen LogP) is 4.58. The lowest BCUT2D eigenvalue weighted by Crippen LogP contribution is -2.42. The Morgan fingerprint density at radius 2 is 2.00 bits per heavy atom. The number of fused-ring (bicyclic) bond motifs is 1.